The zero-order valence-corrected chi connectivity index (χ0v) is 12.2. The molecule has 1 aromatic heterocycles. The molecule has 3 rings (SSSR count). The van der Waals surface area contributed by atoms with Crippen molar-refractivity contribution in [2.24, 2.45) is 5.92 Å². The highest BCUT2D eigenvalue weighted by molar-refractivity contribution is 7.99. The van der Waals surface area contributed by atoms with Crippen LogP contribution >= 0.6 is 11.8 Å². The molecule has 1 aliphatic carbocycles. The molecule has 7 nitrogen and oxygen atoms in total. The summed E-state index contributed by atoms with van der Waals surface area (Å²) in [6, 6.07) is 2.83. The van der Waals surface area contributed by atoms with Gasteiger partial charge >= 0.3 is 0 Å². The van der Waals surface area contributed by atoms with Crippen molar-refractivity contribution in [3.63, 3.8) is 0 Å². The molecule has 1 aliphatic heterocycles. The predicted octanol–water partition coefficient (Wildman–Crippen LogP) is 1.24. The highest BCUT2D eigenvalue weighted by Gasteiger charge is 2.53. The van der Waals surface area contributed by atoms with Gasteiger partial charge in [-0.05, 0) is 12.1 Å². The van der Waals surface area contributed by atoms with Crippen LogP contribution in [0.2, 0.25) is 0 Å². The Morgan fingerprint density at radius 3 is 2.90 bits per heavy atom. The third-order valence-electron chi connectivity index (χ3n) is 3.72. The van der Waals surface area contributed by atoms with Crippen molar-refractivity contribution in [3.8, 4) is 0 Å². The van der Waals surface area contributed by atoms with Gasteiger partial charge in [-0.3, -0.25) is 14.9 Å². The van der Waals surface area contributed by atoms with Crippen LogP contribution in [0.1, 0.15) is 6.42 Å². The third-order valence-corrected chi connectivity index (χ3v) is 4.66. The van der Waals surface area contributed by atoms with Crippen LogP contribution in [-0.2, 0) is 4.79 Å². The number of pyridine rings is 1. The molecule has 2 fully saturated rings. The van der Waals surface area contributed by atoms with E-state index in [1.165, 1.54) is 0 Å². The molecule has 112 valence electrons. The van der Waals surface area contributed by atoms with Crippen molar-refractivity contribution in [3.05, 3.63) is 28.4 Å². The van der Waals surface area contributed by atoms with Crippen LogP contribution in [0.25, 0.3) is 0 Å². The second kappa shape index (κ2) is 5.88. The van der Waals surface area contributed by atoms with E-state index in [2.05, 4.69) is 15.2 Å². The second-order valence-electron chi connectivity index (χ2n) is 5.16. The summed E-state index contributed by atoms with van der Waals surface area (Å²) in [5.41, 5.74) is 0.642. The number of anilines is 2. The molecule has 21 heavy (non-hydrogen) atoms. The molecule has 1 saturated carbocycles. The number of nitro groups is 1. The number of thioether (sulfide) groups is 1. The molecule has 0 radical (unpaired) electrons. The number of aromatic nitrogens is 1. The van der Waals surface area contributed by atoms with E-state index in [-0.39, 0.29) is 10.8 Å². The van der Waals surface area contributed by atoms with Crippen LogP contribution in [0.5, 0.6) is 0 Å². The van der Waals surface area contributed by atoms with Crippen LogP contribution in [0.4, 0.5) is 11.5 Å². The van der Waals surface area contributed by atoms with Crippen molar-refractivity contribution in [1.29, 1.82) is 0 Å². The Bertz CT molecular complexity index is 562. The lowest BCUT2D eigenvalue weighted by molar-refractivity contribution is -0.497. The zero-order valence-electron chi connectivity index (χ0n) is 11.4. The fourth-order valence-corrected chi connectivity index (χ4v) is 3.35. The lowest BCUT2D eigenvalue weighted by Gasteiger charge is -2.29. The molecule has 0 unspecified atom stereocenters. The Morgan fingerprint density at radius 1 is 1.48 bits per heavy atom. The smallest absolute Gasteiger partial charge is 0.234 e. The average Bonchev–Trinajstić information content (AvgIpc) is 3.29. The number of carbonyl (C=O) groups excluding carboxylic acids is 1. The molecule has 1 saturated heterocycles. The average molecular weight is 308 g/mol. The molecule has 0 bridgehead atoms. The SMILES string of the molecule is O=C(Nc1cccnc1N1CCSCC1)[C@H]1C[C@H]1[N+](=O)[O-]. The Hall–Kier alpha value is -1.83. The van der Waals surface area contributed by atoms with E-state index in [0.29, 0.717) is 12.1 Å². The van der Waals surface area contributed by atoms with Gasteiger partial charge in [0.25, 0.3) is 0 Å². The number of carbonyl (C=O) groups is 1. The van der Waals surface area contributed by atoms with Gasteiger partial charge in [-0.1, -0.05) is 0 Å². The molecular formula is C13H16N4O3S. The number of amides is 1. The van der Waals surface area contributed by atoms with Gasteiger partial charge in [0.2, 0.25) is 11.9 Å². The fourth-order valence-electron chi connectivity index (χ4n) is 2.44. The van der Waals surface area contributed by atoms with E-state index in [0.717, 1.165) is 30.4 Å². The molecule has 1 N–H and O–H groups in total. The summed E-state index contributed by atoms with van der Waals surface area (Å²) >= 11 is 1.90. The summed E-state index contributed by atoms with van der Waals surface area (Å²) in [5, 5.41) is 13.4. The first-order valence-corrected chi connectivity index (χ1v) is 8.04. The maximum atomic E-state index is 12.1. The lowest BCUT2D eigenvalue weighted by Crippen LogP contribution is -2.34. The van der Waals surface area contributed by atoms with E-state index in [1.54, 1.807) is 18.3 Å². The minimum atomic E-state index is -0.725. The molecule has 2 heterocycles. The standard InChI is InChI=1S/C13H16N4O3S/c18-13(9-8-11(9)17(19)20)15-10-2-1-3-14-12(10)16-4-6-21-7-5-16/h1-3,9,11H,4-8H2,(H,15,18)/t9-,11+/m0/s1. The molecule has 1 aromatic rings. The third kappa shape index (κ3) is 3.10. The van der Waals surface area contributed by atoms with Crippen molar-refractivity contribution in [2.45, 2.75) is 12.5 Å². The van der Waals surface area contributed by atoms with E-state index >= 15 is 0 Å². The van der Waals surface area contributed by atoms with Gasteiger partial charge < -0.3 is 10.2 Å². The van der Waals surface area contributed by atoms with Gasteiger partial charge in [0, 0.05) is 42.1 Å². The normalized spacial score (nSPS) is 24.5. The van der Waals surface area contributed by atoms with E-state index < -0.39 is 12.0 Å². The fraction of sp³-hybridized carbons (Fsp3) is 0.538. The Labute approximate surface area is 126 Å². The van der Waals surface area contributed by atoms with Crippen molar-refractivity contribution >= 4 is 29.2 Å². The Balaban J connectivity index is 1.70. The van der Waals surface area contributed by atoms with Gasteiger partial charge in [-0.15, -0.1) is 0 Å². The second-order valence-corrected chi connectivity index (χ2v) is 6.38. The minimum absolute atomic E-state index is 0.280. The van der Waals surface area contributed by atoms with Crippen molar-refractivity contribution in [1.82, 2.24) is 4.98 Å². The van der Waals surface area contributed by atoms with E-state index in [4.69, 9.17) is 0 Å². The summed E-state index contributed by atoms with van der Waals surface area (Å²) in [7, 11) is 0. The molecule has 2 aliphatic rings. The predicted molar refractivity (Wildman–Crippen MR) is 81.3 cm³/mol. The lowest BCUT2D eigenvalue weighted by atomic mass is 10.3. The summed E-state index contributed by atoms with van der Waals surface area (Å²) in [5.74, 6) is 2.04. The largest absolute Gasteiger partial charge is 0.353 e. The topological polar surface area (TPSA) is 88.4 Å². The first-order valence-electron chi connectivity index (χ1n) is 6.89. The number of hydrogen-bond acceptors (Lipinski definition) is 6. The van der Waals surface area contributed by atoms with Gasteiger partial charge in [-0.2, -0.15) is 11.8 Å². The first kappa shape index (κ1) is 14.1. The van der Waals surface area contributed by atoms with Gasteiger partial charge in [0.1, 0.15) is 5.92 Å². The van der Waals surface area contributed by atoms with Crippen LogP contribution in [0, 0.1) is 16.0 Å². The van der Waals surface area contributed by atoms with Crippen molar-refractivity contribution < 1.29 is 9.72 Å². The zero-order chi connectivity index (χ0) is 14.8. The summed E-state index contributed by atoms with van der Waals surface area (Å²) in [6.07, 6.45) is 2.03. The van der Waals surface area contributed by atoms with Crippen LogP contribution in [0.3, 0.4) is 0 Å². The molecule has 1 amide bonds. The monoisotopic (exact) mass is 308 g/mol. The summed E-state index contributed by atoms with van der Waals surface area (Å²) in [6.45, 7) is 1.79. The number of nitrogens with one attached hydrogen (secondary N) is 1. The highest BCUT2D eigenvalue weighted by Crippen LogP contribution is 2.35. The first-order chi connectivity index (χ1) is 10.2. The molecule has 0 spiro atoms. The minimum Gasteiger partial charge on any atom is -0.353 e. The van der Waals surface area contributed by atoms with Crippen LogP contribution < -0.4 is 10.2 Å². The molecule has 0 aromatic carbocycles. The maximum absolute atomic E-state index is 12.1. The van der Waals surface area contributed by atoms with Crippen LogP contribution in [0.15, 0.2) is 18.3 Å². The number of rotatable bonds is 4. The Kier molecular flexibility index (Phi) is 3.96. The highest BCUT2D eigenvalue weighted by atomic mass is 32.2. The molecule has 2 atom stereocenters. The van der Waals surface area contributed by atoms with Gasteiger partial charge in [0.05, 0.1) is 5.69 Å². The van der Waals surface area contributed by atoms with Gasteiger partial charge in [0.15, 0.2) is 5.82 Å². The molecule has 8 heteroatoms. The molecular weight excluding hydrogens is 292 g/mol. The Morgan fingerprint density at radius 2 is 2.24 bits per heavy atom. The van der Waals surface area contributed by atoms with Crippen LogP contribution in [-0.4, -0.2) is 46.5 Å². The van der Waals surface area contributed by atoms with Crippen molar-refractivity contribution in [2.75, 3.05) is 34.8 Å². The maximum Gasteiger partial charge on any atom is 0.234 e. The summed E-state index contributed by atoms with van der Waals surface area (Å²) in [4.78, 5) is 28.8. The van der Waals surface area contributed by atoms with Gasteiger partial charge in [-0.25, -0.2) is 4.98 Å². The summed E-state index contributed by atoms with van der Waals surface area (Å²) < 4.78 is 0. The quantitative estimate of drug-likeness (QED) is 0.665. The number of nitrogens with zero attached hydrogens (tertiary/aromatic N) is 3. The van der Waals surface area contributed by atoms with E-state index in [9.17, 15) is 14.9 Å². The number of hydrogen-bond donors (Lipinski definition) is 1. The van der Waals surface area contributed by atoms with E-state index in [1.807, 2.05) is 11.8 Å².